The summed E-state index contributed by atoms with van der Waals surface area (Å²) in [5, 5.41) is 13.9. The van der Waals surface area contributed by atoms with E-state index in [9.17, 15) is 4.79 Å². The second-order valence-electron chi connectivity index (χ2n) is 4.00. The summed E-state index contributed by atoms with van der Waals surface area (Å²) in [6, 6.07) is 4.16. The van der Waals surface area contributed by atoms with Gasteiger partial charge in [-0.3, -0.25) is 4.79 Å². The molecular weight excluding hydrogens is 332 g/mol. The van der Waals surface area contributed by atoms with E-state index in [0.29, 0.717) is 5.75 Å². The number of nitrogens with zero attached hydrogens (tertiary/aromatic N) is 1. The van der Waals surface area contributed by atoms with E-state index < -0.39 is 5.54 Å². The first-order valence-corrected chi connectivity index (χ1v) is 8.20. The molecule has 1 saturated heterocycles. The Hall–Kier alpha value is -0.770. The summed E-state index contributed by atoms with van der Waals surface area (Å²) in [5.74, 6) is 1.39. The second-order valence-corrected chi connectivity index (χ2v) is 7.40. The highest BCUT2D eigenvalue weighted by atomic mass is 79.9. The third kappa shape index (κ3) is 3.37. The summed E-state index contributed by atoms with van der Waals surface area (Å²) in [7, 11) is 0. The van der Waals surface area contributed by atoms with Crippen LogP contribution in [0.4, 0.5) is 0 Å². The minimum atomic E-state index is -0.679. The molecule has 0 spiro atoms. The number of hydrogen-bond donors (Lipinski definition) is 1. The summed E-state index contributed by atoms with van der Waals surface area (Å²) < 4.78 is 1.03. The SMILES string of the molecule is N#C[C@@]1(NC(=O)/C=C\c2csc(Br)c2)CCSC1. The maximum atomic E-state index is 11.8. The molecule has 1 amide bonds. The Labute approximate surface area is 122 Å². The molecule has 1 aromatic heterocycles. The predicted molar refractivity (Wildman–Crippen MR) is 79.5 cm³/mol. The fraction of sp³-hybridized carbons (Fsp3) is 0.333. The molecule has 0 aromatic carbocycles. The number of thioether (sulfide) groups is 1. The summed E-state index contributed by atoms with van der Waals surface area (Å²) in [6.45, 7) is 0. The third-order valence-electron chi connectivity index (χ3n) is 2.61. The highest BCUT2D eigenvalue weighted by Gasteiger charge is 2.35. The molecule has 1 aromatic rings. The quantitative estimate of drug-likeness (QED) is 0.859. The Morgan fingerprint density at radius 1 is 1.67 bits per heavy atom. The van der Waals surface area contributed by atoms with Crippen molar-refractivity contribution in [2.45, 2.75) is 12.0 Å². The lowest BCUT2D eigenvalue weighted by Crippen LogP contribution is -2.46. The van der Waals surface area contributed by atoms with Gasteiger partial charge in [-0.15, -0.1) is 11.3 Å². The Morgan fingerprint density at radius 3 is 3.06 bits per heavy atom. The minimum absolute atomic E-state index is 0.207. The fourth-order valence-corrected chi connectivity index (χ4v) is 4.05. The number of nitrogens with one attached hydrogen (secondary N) is 1. The van der Waals surface area contributed by atoms with Crippen LogP contribution in [-0.2, 0) is 4.79 Å². The van der Waals surface area contributed by atoms with Gasteiger partial charge in [-0.25, -0.2) is 0 Å². The molecule has 0 bridgehead atoms. The molecule has 0 radical (unpaired) electrons. The van der Waals surface area contributed by atoms with Gasteiger partial charge in [0.25, 0.3) is 0 Å². The van der Waals surface area contributed by atoms with Crippen LogP contribution in [0.1, 0.15) is 12.0 Å². The second kappa shape index (κ2) is 5.91. The van der Waals surface area contributed by atoms with Gasteiger partial charge in [-0.2, -0.15) is 17.0 Å². The molecule has 2 heterocycles. The molecule has 1 aliphatic rings. The number of nitriles is 1. The number of thiophene rings is 1. The first kappa shape index (κ1) is 13.7. The Kier molecular flexibility index (Phi) is 4.49. The van der Waals surface area contributed by atoms with Gasteiger partial charge in [0.05, 0.1) is 9.86 Å². The average Bonchev–Trinajstić information content (AvgIpc) is 2.97. The number of rotatable bonds is 3. The fourth-order valence-electron chi connectivity index (χ4n) is 1.64. The first-order valence-electron chi connectivity index (χ1n) is 5.37. The zero-order valence-corrected chi connectivity index (χ0v) is 12.7. The standard InChI is InChI=1S/C12H11BrN2OS2/c13-10-5-9(6-18-10)1-2-11(16)15-12(7-14)3-4-17-8-12/h1-2,5-6H,3-4,8H2,(H,15,16)/b2-1-/t12-/m0/s1. The van der Waals surface area contributed by atoms with Gasteiger partial charge in [0.2, 0.25) is 5.91 Å². The van der Waals surface area contributed by atoms with Crippen LogP contribution in [0.2, 0.25) is 0 Å². The van der Waals surface area contributed by atoms with Crippen LogP contribution < -0.4 is 5.32 Å². The highest BCUT2D eigenvalue weighted by Crippen LogP contribution is 2.27. The molecule has 1 fully saturated rings. The molecule has 1 atom stereocenters. The molecule has 1 N–H and O–H groups in total. The van der Waals surface area contributed by atoms with E-state index in [1.54, 1.807) is 29.2 Å². The highest BCUT2D eigenvalue weighted by molar-refractivity contribution is 9.11. The van der Waals surface area contributed by atoms with Crippen molar-refractivity contribution in [2.24, 2.45) is 0 Å². The normalized spacial score (nSPS) is 23.1. The van der Waals surface area contributed by atoms with E-state index in [1.165, 1.54) is 6.08 Å². The molecule has 18 heavy (non-hydrogen) atoms. The number of halogens is 1. The van der Waals surface area contributed by atoms with Crippen molar-refractivity contribution in [3.8, 4) is 6.07 Å². The topological polar surface area (TPSA) is 52.9 Å². The van der Waals surface area contributed by atoms with Crippen LogP contribution in [0.5, 0.6) is 0 Å². The molecule has 2 rings (SSSR count). The van der Waals surface area contributed by atoms with E-state index >= 15 is 0 Å². The van der Waals surface area contributed by atoms with E-state index in [4.69, 9.17) is 5.26 Å². The van der Waals surface area contributed by atoms with Gasteiger partial charge in [0.15, 0.2) is 0 Å². The maximum absolute atomic E-state index is 11.8. The van der Waals surface area contributed by atoms with Crippen LogP contribution in [0.3, 0.4) is 0 Å². The molecule has 94 valence electrons. The van der Waals surface area contributed by atoms with Crippen LogP contribution in [0, 0.1) is 11.3 Å². The Balaban J connectivity index is 1.96. The van der Waals surface area contributed by atoms with E-state index in [2.05, 4.69) is 27.3 Å². The van der Waals surface area contributed by atoms with Gasteiger partial charge in [0.1, 0.15) is 5.54 Å². The van der Waals surface area contributed by atoms with E-state index in [-0.39, 0.29) is 5.91 Å². The summed E-state index contributed by atoms with van der Waals surface area (Å²) in [5.41, 5.74) is 0.301. The van der Waals surface area contributed by atoms with Crippen molar-refractivity contribution in [1.29, 1.82) is 5.26 Å². The van der Waals surface area contributed by atoms with Gasteiger partial charge < -0.3 is 5.32 Å². The van der Waals surface area contributed by atoms with E-state index in [0.717, 1.165) is 21.5 Å². The van der Waals surface area contributed by atoms with Crippen LogP contribution >= 0.6 is 39.0 Å². The lowest BCUT2D eigenvalue weighted by Gasteiger charge is -2.19. The molecule has 6 heteroatoms. The summed E-state index contributed by atoms with van der Waals surface area (Å²) >= 11 is 6.64. The number of hydrogen-bond acceptors (Lipinski definition) is 4. The molecule has 0 unspecified atom stereocenters. The monoisotopic (exact) mass is 342 g/mol. The molecule has 0 aliphatic carbocycles. The Bertz CT molecular complexity index is 512. The smallest absolute Gasteiger partial charge is 0.245 e. The van der Waals surface area contributed by atoms with Crippen LogP contribution in [0.25, 0.3) is 6.08 Å². The number of amides is 1. The predicted octanol–water partition coefficient (Wildman–Crippen LogP) is 3.04. The van der Waals surface area contributed by atoms with Crippen molar-refractivity contribution in [3.05, 3.63) is 26.9 Å². The first-order chi connectivity index (χ1) is 8.63. The number of carbonyl (C=O) groups excluding carboxylic acids is 1. The molecule has 3 nitrogen and oxygen atoms in total. The van der Waals surface area contributed by atoms with Crippen molar-refractivity contribution in [1.82, 2.24) is 5.32 Å². The van der Waals surface area contributed by atoms with Gasteiger partial charge in [-0.1, -0.05) is 0 Å². The van der Waals surface area contributed by atoms with Crippen molar-refractivity contribution in [2.75, 3.05) is 11.5 Å². The lowest BCUT2D eigenvalue weighted by molar-refractivity contribution is -0.117. The summed E-state index contributed by atoms with van der Waals surface area (Å²) in [6.07, 6.45) is 3.96. The van der Waals surface area contributed by atoms with Crippen molar-refractivity contribution < 1.29 is 4.79 Å². The largest absolute Gasteiger partial charge is 0.333 e. The third-order valence-corrected chi connectivity index (χ3v) is 5.33. The van der Waals surface area contributed by atoms with Crippen LogP contribution in [0.15, 0.2) is 21.3 Å². The zero-order chi connectivity index (χ0) is 13.0. The lowest BCUT2D eigenvalue weighted by atomic mass is 10.0. The number of carbonyl (C=O) groups is 1. The molecular formula is C12H11BrN2OS2. The molecule has 1 aliphatic heterocycles. The van der Waals surface area contributed by atoms with Crippen molar-refractivity contribution >= 4 is 51.0 Å². The zero-order valence-electron chi connectivity index (χ0n) is 9.48. The molecule has 0 saturated carbocycles. The van der Waals surface area contributed by atoms with Gasteiger partial charge in [-0.05, 0) is 51.2 Å². The Morgan fingerprint density at radius 2 is 2.50 bits per heavy atom. The maximum Gasteiger partial charge on any atom is 0.245 e. The van der Waals surface area contributed by atoms with Gasteiger partial charge >= 0.3 is 0 Å². The minimum Gasteiger partial charge on any atom is -0.333 e. The average molecular weight is 343 g/mol. The van der Waals surface area contributed by atoms with E-state index in [1.807, 2.05) is 11.4 Å². The van der Waals surface area contributed by atoms with Crippen molar-refractivity contribution in [3.63, 3.8) is 0 Å². The van der Waals surface area contributed by atoms with Crippen LogP contribution in [-0.4, -0.2) is 23.0 Å². The summed E-state index contributed by atoms with van der Waals surface area (Å²) in [4.78, 5) is 11.8. The van der Waals surface area contributed by atoms with Gasteiger partial charge in [0, 0.05) is 11.8 Å².